The van der Waals surface area contributed by atoms with E-state index in [1.54, 1.807) is 18.9 Å². The van der Waals surface area contributed by atoms with Crippen molar-refractivity contribution in [2.24, 2.45) is 0 Å². The second-order valence-electron chi connectivity index (χ2n) is 4.84. The maximum absolute atomic E-state index is 5.21. The van der Waals surface area contributed by atoms with Crippen molar-refractivity contribution in [1.29, 1.82) is 0 Å². The molecule has 0 spiro atoms. The number of hydrogen-bond acceptors (Lipinski definition) is 4. The van der Waals surface area contributed by atoms with Crippen LogP contribution >= 0.6 is 11.8 Å². The van der Waals surface area contributed by atoms with Gasteiger partial charge in [0, 0.05) is 11.4 Å². The van der Waals surface area contributed by atoms with Crippen LogP contribution in [0, 0.1) is 6.92 Å². The molecule has 0 unspecified atom stereocenters. The Morgan fingerprint density at radius 3 is 2.41 bits per heavy atom. The van der Waals surface area contributed by atoms with Crippen LogP contribution in [0.25, 0.3) is 5.69 Å². The summed E-state index contributed by atoms with van der Waals surface area (Å²) in [4.78, 5) is 0. The molecule has 2 aromatic carbocycles. The minimum Gasteiger partial charge on any atom is -0.497 e. The van der Waals surface area contributed by atoms with Crippen LogP contribution in [0.4, 0.5) is 0 Å². The molecule has 0 aliphatic rings. The highest BCUT2D eigenvalue weighted by atomic mass is 32.2. The predicted molar refractivity (Wildman–Crippen MR) is 88.7 cm³/mol. The van der Waals surface area contributed by atoms with Crippen LogP contribution in [0.2, 0.25) is 0 Å². The summed E-state index contributed by atoms with van der Waals surface area (Å²) in [7, 11) is 1.67. The summed E-state index contributed by atoms with van der Waals surface area (Å²) >= 11 is 1.68. The van der Waals surface area contributed by atoms with Crippen LogP contribution in [-0.2, 0) is 5.75 Å². The third-order valence-electron chi connectivity index (χ3n) is 3.34. The summed E-state index contributed by atoms with van der Waals surface area (Å²) in [5.74, 6) is 2.59. The minimum absolute atomic E-state index is 0.841. The van der Waals surface area contributed by atoms with Crippen LogP contribution < -0.4 is 4.74 Å². The summed E-state index contributed by atoms with van der Waals surface area (Å²) in [5.41, 5.74) is 2.31. The molecule has 0 radical (unpaired) electrons. The lowest BCUT2D eigenvalue weighted by molar-refractivity contribution is 0.414. The Morgan fingerprint density at radius 1 is 1.00 bits per heavy atom. The van der Waals surface area contributed by atoms with Gasteiger partial charge in [0.15, 0.2) is 5.16 Å². The van der Waals surface area contributed by atoms with Gasteiger partial charge >= 0.3 is 0 Å². The molecular weight excluding hydrogens is 294 g/mol. The lowest BCUT2D eigenvalue weighted by Gasteiger charge is -2.09. The van der Waals surface area contributed by atoms with Gasteiger partial charge in [0.05, 0.1) is 7.11 Å². The average Bonchev–Trinajstić information content (AvgIpc) is 2.95. The van der Waals surface area contributed by atoms with Crippen LogP contribution in [0.1, 0.15) is 11.4 Å². The third-order valence-corrected chi connectivity index (χ3v) is 4.34. The molecule has 0 fully saturated rings. The highest BCUT2D eigenvalue weighted by Gasteiger charge is 2.11. The molecule has 0 aliphatic carbocycles. The summed E-state index contributed by atoms with van der Waals surface area (Å²) in [6, 6.07) is 18.3. The molecule has 0 saturated carbocycles. The van der Waals surface area contributed by atoms with E-state index >= 15 is 0 Å². The molecular formula is C17H17N3OS. The van der Waals surface area contributed by atoms with Gasteiger partial charge in [0.25, 0.3) is 0 Å². The highest BCUT2D eigenvalue weighted by molar-refractivity contribution is 7.98. The molecule has 3 rings (SSSR count). The summed E-state index contributed by atoms with van der Waals surface area (Å²) in [5, 5.41) is 9.40. The zero-order valence-electron chi connectivity index (χ0n) is 12.6. The van der Waals surface area contributed by atoms with E-state index in [9.17, 15) is 0 Å². The first kappa shape index (κ1) is 14.7. The van der Waals surface area contributed by atoms with Crippen molar-refractivity contribution in [2.45, 2.75) is 17.8 Å². The first-order valence-electron chi connectivity index (χ1n) is 7.01. The average molecular weight is 311 g/mol. The lowest BCUT2D eigenvalue weighted by atomic mass is 10.2. The monoisotopic (exact) mass is 311 g/mol. The van der Waals surface area contributed by atoms with Gasteiger partial charge in [-0.15, -0.1) is 10.2 Å². The van der Waals surface area contributed by atoms with E-state index in [0.717, 1.165) is 28.2 Å². The molecule has 22 heavy (non-hydrogen) atoms. The number of nitrogens with zero attached hydrogens (tertiary/aromatic N) is 3. The van der Waals surface area contributed by atoms with Crippen molar-refractivity contribution < 1.29 is 4.74 Å². The van der Waals surface area contributed by atoms with E-state index in [0.29, 0.717) is 0 Å². The molecule has 4 nitrogen and oxygen atoms in total. The molecule has 0 atom stereocenters. The fourth-order valence-electron chi connectivity index (χ4n) is 2.19. The maximum atomic E-state index is 5.21. The summed E-state index contributed by atoms with van der Waals surface area (Å²) < 4.78 is 7.27. The van der Waals surface area contributed by atoms with Gasteiger partial charge in [0.2, 0.25) is 0 Å². The van der Waals surface area contributed by atoms with Gasteiger partial charge in [-0.05, 0) is 36.8 Å². The van der Waals surface area contributed by atoms with E-state index in [-0.39, 0.29) is 0 Å². The zero-order valence-corrected chi connectivity index (χ0v) is 13.4. The second kappa shape index (κ2) is 6.66. The quantitative estimate of drug-likeness (QED) is 0.671. The number of aryl methyl sites for hydroxylation is 1. The van der Waals surface area contributed by atoms with Crippen molar-refractivity contribution in [1.82, 2.24) is 14.8 Å². The number of aromatic nitrogens is 3. The van der Waals surface area contributed by atoms with Crippen LogP contribution in [0.15, 0.2) is 59.8 Å². The summed E-state index contributed by atoms with van der Waals surface area (Å²) in [6.07, 6.45) is 0. The van der Waals surface area contributed by atoms with Gasteiger partial charge in [-0.25, -0.2) is 0 Å². The number of thioether (sulfide) groups is 1. The zero-order chi connectivity index (χ0) is 15.4. The Kier molecular flexibility index (Phi) is 4.44. The van der Waals surface area contributed by atoms with E-state index in [1.807, 2.05) is 37.3 Å². The topological polar surface area (TPSA) is 39.9 Å². The number of benzene rings is 2. The van der Waals surface area contributed by atoms with Crippen LogP contribution in [0.3, 0.4) is 0 Å². The number of rotatable bonds is 5. The molecule has 0 saturated heterocycles. The molecule has 1 heterocycles. The molecule has 1 aromatic heterocycles. The largest absolute Gasteiger partial charge is 0.497 e. The Labute approximate surface area is 134 Å². The Balaban J connectivity index is 1.83. The second-order valence-corrected chi connectivity index (χ2v) is 5.78. The van der Waals surface area contributed by atoms with Crippen molar-refractivity contribution in [3.63, 3.8) is 0 Å². The number of methoxy groups -OCH3 is 1. The maximum Gasteiger partial charge on any atom is 0.196 e. The molecule has 0 bridgehead atoms. The minimum atomic E-state index is 0.841. The van der Waals surface area contributed by atoms with E-state index in [2.05, 4.69) is 39.0 Å². The van der Waals surface area contributed by atoms with E-state index < -0.39 is 0 Å². The van der Waals surface area contributed by atoms with Gasteiger partial charge in [-0.3, -0.25) is 4.57 Å². The first-order valence-corrected chi connectivity index (χ1v) is 7.99. The third kappa shape index (κ3) is 3.14. The fraction of sp³-hybridized carbons (Fsp3) is 0.176. The number of ether oxygens (including phenoxy) is 1. The van der Waals surface area contributed by atoms with Crippen LogP contribution in [0.5, 0.6) is 5.75 Å². The van der Waals surface area contributed by atoms with Crippen LogP contribution in [-0.4, -0.2) is 21.9 Å². The van der Waals surface area contributed by atoms with Crippen molar-refractivity contribution >= 4 is 11.8 Å². The molecule has 5 heteroatoms. The molecule has 112 valence electrons. The first-order chi connectivity index (χ1) is 10.8. The van der Waals surface area contributed by atoms with Crippen molar-refractivity contribution in [3.8, 4) is 11.4 Å². The summed E-state index contributed by atoms with van der Waals surface area (Å²) in [6.45, 7) is 1.96. The van der Waals surface area contributed by atoms with E-state index in [4.69, 9.17) is 4.74 Å². The molecule has 0 N–H and O–H groups in total. The predicted octanol–water partition coefficient (Wildman–Crippen LogP) is 3.88. The number of hydrogen-bond donors (Lipinski definition) is 0. The van der Waals surface area contributed by atoms with Gasteiger partial charge in [-0.2, -0.15) is 0 Å². The molecule has 0 aliphatic heterocycles. The Morgan fingerprint density at radius 2 is 1.73 bits per heavy atom. The fourth-order valence-corrected chi connectivity index (χ4v) is 3.14. The molecule has 0 amide bonds. The normalized spacial score (nSPS) is 10.6. The van der Waals surface area contributed by atoms with Crippen molar-refractivity contribution in [3.05, 3.63) is 66.0 Å². The Bertz CT molecular complexity index is 738. The van der Waals surface area contributed by atoms with Gasteiger partial charge in [-0.1, -0.05) is 42.1 Å². The van der Waals surface area contributed by atoms with Gasteiger partial charge < -0.3 is 4.74 Å². The SMILES string of the molecule is COc1ccc(-n2c(C)nnc2SCc2ccccc2)cc1. The van der Waals surface area contributed by atoms with Crippen molar-refractivity contribution in [2.75, 3.05) is 7.11 Å². The molecule has 3 aromatic rings. The lowest BCUT2D eigenvalue weighted by Crippen LogP contribution is -1.99. The smallest absolute Gasteiger partial charge is 0.196 e. The standard InChI is InChI=1S/C17H17N3OS/c1-13-18-19-17(22-12-14-6-4-3-5-7-14)20(13)15-8-10-16(21-2)11-9-15/h3-11H,12H2,1-2H3. The Hall–Kier alpha value is -2.27. The van der Waals surface area contributed by atoms with E-state index in [1.165, 1.54) is 5.56 Å². The van der Waals surface area contributed by atoms with Gasteiger partial charge in [0.1, 0.15) is 11.6 Å². The highest BCUT2D eigenvalue weighted by Crippen LogP contribution is 2.25.